The predicted octanol–water partition coefficient (Wildman–Crippen LogP) is 0.855. The number of rotatable bonds is 3. The van der Waals surface area contributed by atoms with Gasteiger partial charge < -0.3 is 10.6 Å². The smallest absolute Gasteiger partial charge is 0.321 e. The molecule has 0 spiro atoms. The van der Waals surface area contributed by atoms with Crippen LogP contribution in [0.3, 0.4) is 0 Å². The molecule has 5 heteroatoms. The molecule has 0 aliphatic heterocycles. The molecule has 2 atom stereocenters. The van der Waals surface area contributed by atoms with Gasteiger partial charge in [-0.15, -0.1) is 0 Å². The maximum atomic E-state index is 11.5. The highest BCUT2D eigenvalue weighted by Crippen LogP contribution is 2.18. The van der Waals surface area contributed by atoms with Crippen LogP contribution in [-0.4, -0.2) is 31.1 Å². The molecular formula is C11H23N3O2. The molecule has 2 unspecified atom stereocenters. The van der Waals surface area contributed by atoms with E-state index in [0.717, 1.165) is 0 Å². The SMILES string of the molecule is CNC(=O)NC(=O)C(C)NC(C)C(C)(C)C. The van der Waals surface area contributed by atoms with Crippen molar-refractivity contribution in [1.29, 1.82) is 0 Å². The third-order valence-electron chi connectivity index (χ3n) is 2.66. The lowest BCUT2D eigenvalue weighted by Gasteiger charge is -2.30. The Kier molecular flexibility index (Phi) is 5.44. The van der Waals surface area contributed by atoms with E-state index in [0.29, 0.717) is 0 Å². The molecule has 0 saturated heterocycles. The summed E-state index contributed by atoms with van der Waals surface area (Å²) in [6, 6.07) is -0.702. The summed E-state index contributed by atoms with van der Waals surface area (Å²) >= 11 is 0. The summed E-state index contributed by atoms with van der Waals surface area (Å²) in [5, 5.41) is 7.73. The Hall–Kier alpha value is -1.10. The van der Waals surface area contributed by atoms with E-state index in [-0.39, 0.29) is 17.4 Å². The monoisotopic (exact) mass is 229 g/mol. The van der Waals surface area contributed by atoms with E-state index >= 15 is 0 Å². The van der Waals surface area contributed by atoms with Crippen LogP contribution in [-0.2, 0) is 4.79 Å². The van der Waals surface area contributed by atoms with Crippen molar-refractivity contribution in [2.24, 2.45) is 5.41 Å². The quantitative estimate of drug-likeness (QED) is 0.672. The van der Waals surface area contributed by atoms with Gasteiger partial charge in [0.05, 0.1) is 6.04 Å². The fourth-order valence-corrected chi connectivity index (χ4v) is 0.983. The van der Waals surface area contributed by atoms with Crippen molar-refractivity contribution in [3.8, 4) is 0 Å². The van der Waals surface area contributed by atoms with Crippen LogP contribution in [0.15, 0.2) is 0 Å². The van der Waals surface area contributed by atoms with E-state index in [9.17, 15) is 9.59 Å². The Labute approximate surface area is 97.4 Å². The Morgan fingerprint density at radius 1 is 1.12 bits per heavy atom. The second-order valence-electron chi connectivity index (χ2n) is 5.04. The predicted molar refractivity (Wildman–Crippen MR) is 64.1 cm³/mol. The second kappa shape index (κ2) is 5.84. The van der Waals surface area contributed by atoms with Crippen molar-refractivity contribution < 1.29 is 9.59 Å². The zero-order valence-electron chi connectivity index (χ0n) is 11.0. The number of hydrogen-bond acceptors (Lipinski definition) is 3. The standard InChI is InChI=1S/C11H23N3O2/c1-7(9(15)14-10(16)12-6)13-8(2)11(3,4)5/h7-8,13H,1-6H3,(H2,12,14,15,16). The zero-order valence-corrected chi connectivity index (χ0v) is 11.0. The van der Waals surface area contributed by atoms with Gasteiger partial charge in [0, 0.05) is 13.1 Å². The minimum Gasteiger partial charge on any atom is -0.341 e. The summed E-state index contributed by atoms with van der Waals surface area (Å²) < 4.78 is 0. The van der Waals surface area contributed by atoms with Crippen molar-refractivity contribution in [1.82, 2.24) is 16.0 Å². The normalized spacial score (nSPS) is 15.1. The van der Waals surface area contributed by atoms with Gasteiger partial charge in [0.15, 0.2) is 0 Å². The molecule has 0 aromatic heterocycles. The molecule has 0 aliphatic rings. The molecule has 5 nitrogen and oxygen atoms in total. The summed E-state index contributed by atoms with van der Waals surface area (Å²) in [6.45, 7) is 10.0. The minimum atomic E-state index is -0.484. The van der Waals surface area contributed by atoms with Crippen molar-refractivity contribution >= 4 is 11.9 Å². The lowest BCUT2D eigenvalue weighted by atomic mass is 9.87. The van der Waals surface area contributed by atoms with Gasteiger partial charge >= 0.3 is 6.03 Å². The maximum absolute atomic E-state index is 11.5. The molecule has 94 valence electrons. The lowest BCUT2D eigenvalue weighted by molar-refractivity contribution is -0.122. The fraction of sp³-hybridized carbons (Fsp3) is 0.818. The third-order valence-corrected chi connectivity index (χ3v) is 2.66. The van der Waals surface area contributed by atoms with E-state index in [1.807, 2.05) is 6.92 Å². The number of urea groups is 1. The lowest BCUT2D eigenvalue weighted by Crippen LogP contribution is -2.52. The molecule has 0 aliphatic carbocycles. The highest BCUT2D eigenvalue weighted by molar-refractivity contribution is 5.96. The molecule has 3 amide bonds. The molecule has 16 heavy (non-hydrogen) atoms. The first kappa shape index (κ1) is 14.9. The van der Waals surface area contributed by atoms with Gasteiger partial charge in [0.2, 0.25) is 5.91 Å². The van der Waals surface area contributed by atoms with Gasteiger partial charge in [-0.2, -0.15) is 0 Å². The topological polar surface area (TPSA) is 70.2 Å². The van der Waals surface area contributed by atoms with Crippen LogP contribution in [0.2, 0.25) is 0 Å². The molecule has 0 aromatic rings. The van der Waals surface area contributed by atoms with Gasteiger partial charge in [-0.25, -0.2) is 4.79 Å². The molecule has 3 N–H and O–H groups in total. The van der Waals surface area contributed by atoms with Gasteiger partial charge in [-0.1, -0.05) is 20.8 Å². The van der Waals surface area contributed by atoms with Crippen molar-refractivity contribution in [2.45, 2.75) is 46.7 Å². The van der Waals surface area contributed by atoms with Gasteiger partial charge in [0.25, 0.3) is 0 Å². The first-order valence-corrected chi connectivity index (χ1v) is 5.47. The Morgan fingerprint density at radius 2 is 1.62 bits per heavy atom. The first-order chi connectivity index (χ1) is 7.18. The maximum Gasteiger partial charge on any atom is 0.321 e. The summed E-state index contributed by atoms with van der Waals surface area (Å²) in [4.78, 5) is 22.5. The van der Waals surface area contributed by atoms with Crippen LogP contribution < -0.4 is 16.0 Å². The third kappa shape index (κ3) is 5.11. The molecule has 0 aromatic carbocycles. The zero-order chi connectivity index (χ0) is 12.9. The van der Waals surface area contributed by atoms with E-state index in [1.165, 1.54) is 7.05 Å². The van der Waals surface area contributed by atoms with E-state index in [1.54, 1.807) is 6.92 Å². The Bertz CT molecular complexity index is 258. The van der Waals surface area contributed by atoms with E-state index < -0.39 is 12.1 Å². The highest BCUT2D eigenvalue weighted by atomic mass is 16.2. The van der Waals surface area contributed by atoms with Crippen LogP contribution in [0.1, 0.15) is 34.6 Å². The summed E-state index contributed by atoms with van der Waals surface area (Å²) in [5.41, 5.74) is 0.0710. The molecule has 0 heterocycles. The summed E-state index contributed by atoms with van der Waals surface area (Å²) in [7, 11) is 1.47. The molecular weight excluding hydrogens is 206 g/mol. The molecule has 0 rings (SSSR count). The van der Waals surface area contributed by atoms with E-state index in [2.05, 4.69) is 36.7 Å². The molecule has 0 saturated carbocycles. The van der Waals surface area contributed by atoms with Gasteiger partial charge in [-0.3, -0.25) is 10.1 Å². The van der Waals surface area contributed by atoms with Crippen molar-refractivity contribution in [2.75, 3.05) is 7.05 Å². The Morgan fingerprint density at radius 3 is 2.00 bits per heavy atom. The van der Waals surface area contributed by atoms with Crippen LogP contribution in [0, 0.1) is 5.41 Å². The average molecular weight is 229 g/mol. The number of hydrogen-bond donors (Lipinski definition) is 3. The van der Waals surface area contributed by atoms with E-state index in [4.69, 9.17) is 0 Å². The summed E-state index contributed by atoms with van der Waals surface area (Å²) in [5.74, 6) is -0.324. The molecule has 0 bridgehead atoms. The molecule has 0 radical (unpaired) electrons. The first-order valence-electron chi connectivity index (χ1n) is 5.47. The number of imide groups is 1. The van der Waals surface area contributed by atoms with Crippen LogP contribution >= 0.6 is 0 Å². The van der Waals surface area contributed by atoms with Crippen molar-refractivity contribution in [3.63, 3.8) is 0 Å². The van der Waals surface area contributed by atoms with Crippen molar-refractivity contribution in [3.05, 3.63) is 0 Å². The number of nitrogens with one attached hydrogen (secondary N) is 3. The summed E-state index contributed by atoms with van der Waals surface area (Å²) in [6.07, 6.45) is 0. The van der Waals surface area contributed by atoms with Crippen LogP contribution in [0.4, 0.5) is 4.79 Å². The average Bonchev–Trinajstić information content (AvgIpc) is 2.15. The van der Waals surface area contributed by atoms with Crippen LogP contribution in [0.25, 0.3) is 0 Å². The van der Waals surface area contributed by atoms with Crippen LogP contribution in [0.5, 0.6) is 0 Å². The largest absolute Gasteiger partial charge is 0.341 e. The Balaban J connectivity index is 4.21. The number of amides is 3. The van der Waals surface area contributed by atoms with Gasteiger partial charge in [-0.05, 0) is 19.3 Å². The second-order valence-corrected chi connectivity index (χ2v) is 5.04. The minimum absolute atomic E-state index is 0.0710. The van der Waals surface area contributed by atoms with Gasteiger partial charge in [0.1, 0.15) is 0 Å². The number of carbonyl (C=O) groups is 2. The molecule has 0 fully saturated rings. The highest BCUT2D eigenvalue weighted by Gasteiger charge is 2.24. The number of carbonyl (C=O) groups excluding carboxylic acids is 2. The fourth-order valence-electron chi connectivity index (χ4n) is 0.983.